The molecule has 27 heavy (non-hydrogen) atoms. The molecular formula is C22H29N3O2. The summed E-state index contributed by atoms with van der Waals surface area (Å²) in [4.78, 5) is 21.9. The molecule has 2 aliphatic heterocycles. The van der Waals surface area contributed by atoms with Crippen LogP contribution in [0.1, 0.15) is 67.7 Å². The third kappa shape index (κ3) is 3.73. The van der Waals surface area contributed by atoms with Crippen molar-refractivity contribution in [3.63, 3.8) is 0 Å². The van der Waals surface area contributed by atoms with Gasteiger partial charge in [0.05, 0.1) is 6.54 Å². The second-order valence-electron chi connectivity index (χ2n) is 8.71. The number of piperidine rings is 1. The molecule has 1 saturated heterocycles. The number of hydrogen-bond acceptors (Lipinski definition) is 4. The highest BCUT2D eigenvalue weighted by atomic mass is 16.4. The Labute approximate surface area is 161 Å². The quantitative estimate of drug-likeness (QED) is 0.800. The zero-order chi connectivity index (χ0) is 19.0. The van der Waals surface area contributed by atoms with E-state index in [9.17, 15) is 4.79 Å². The van der Waals surface area contributed by atoms with Crippen molar-refractivity contribution < 1.29 is 9.21 Å². The predicted molar refractivity (Wildman–Crippen MR) is 106 cm³/mol. The normalized spacial score (nSPS) is 17.7. The number of hydrogen-bond donors (Lipinski definition) is 0. The number of carbonyl (C=O) groups excluding carboxylic acids is 1. The van der Waals surface area contributed by atoms with Crippen LogP contribution in [0.3, 0.4) is 0 Å². The Kier molecular flexibility index (Phi) is 4.70. The van der Waals surface area contributed by atoms with E-state index < -0.39 is 0 Å². The van der Waals surface area contributed by atoms with Gasteiger partial charge in [0.25, 0.3) is 5.91 Å². The van der Waals surface area contributed by atoms with Gasteiger partial charge in [0, 0.05) is 42.7 Å². The van der Waals surface area contributed by atoms with Crippen molar-refractivity contribution in [2.24, 2.45) is 0 Å². The second-order valence-corrected chi connectivity index (χ2v) is 8.71. The average molecular weight is 367 g/mol. The Bertz CT molecular complexity index is 811. The molecule has 0 unspecified atom stereocenters. The van der Waals surface area contributed by atoms with Crippen LogP contribution in [0.4, 0.5) is 5.69 Å². The minimum absolute atomic E-state index is 0.0751. The summed E-state index contributed by atoms with van der Waals surface area (Å²) < 4.78 is 5.93. The topological polar surface area (TPSA) is 49.6 Å². The number of oxazole rings is 1. The van der Waals surface area contributed by atoms with Crippen LogP contribution in [0.15, 0.2) is 28.7 Å². The summed E-state index contributed by atoms with van der Waals surface area (Å²) in [6.45, 7) is 9.72. The fourth-order valence-corrected chi connectivity index (χ4v) is 3.84. The maximum absolute atomic E-state index is 13.0. The van der Waals surface area contributed by atoms with Crippen molar-refractivity contribution in [3.05, 3.63) is 47.2 Å². The summed E-state index contributed by atoms with van der Waals surface area (Å²) in [5.41, 5.74) is 2.76. The van der Waals surface area contributed by atoms with Gasteiger partial charge in [0.15, 0.2) is 5.89 Å². The second kappa shape index (κ2) is 7.02. The summed E-state index contributed by atoms with van der Waals surface area (Å²) >= 11 is 0. The molecule has 0 bridgehead atoms. The molecule has 5 heteroatoms. The molecule has 4 rings (SSSR count). The van der Waals surface area contributed by atoms with E-state index in [-0.39, 0.29) is 11.3 Å². The van der Waals surface area contributed by atoms with Crippen LogP contribution in [0, 0.1) is 0 Å². The zero-order valence-corrected chi connectivity index (χ0v) is 16.6. The van der Waals surface area contributed by atoms with Crippen LogP contribution in [-0.2, 0) is 18.4 Å². The molecule has 0 aliphatic carbocycles. The number of nitrogens with zero attached hydrogens (tertiary/aromatic N) is 3. The molecule has 1 aromatic heterocycles. The molecular weight excluding hydrogens is 338 g/mol. The van der Waals surface area contributed by atoms with Crippen LogP contribution in [0.2, 0.25) is 0 Å². The largest absolute Gasteiger partial charge is 0.445 e. The molecule has 0 spiro atoms. The minimum Gasteiger partial charge on any atom is -0.445 e. The van der Waals surface area contributed by atoms with E-state index >= 15 is 0 Å². The first-order valence-electron chi connectivity index (χ1n) is 10.1. The molecule has 0 saturated carbocycles. The number of carbonyl (C=O) groups is 1. The molecule has 0 atom stereocenters. The lowest BCUT2D eigenvalue weighted by Gasteiger charge is -2.29. The van der Waals surface area contributed by atoms with Crippen LogP contribution in [0.25, 0.3) is 0 Å². The molecule has 0 N–H and O–H groups in total. The SMILES string of the molecule is CC(C)(C)c1nc2c(o1)CCN(C(=O)c1ccc(N3CCCCC3)cc1)C2. The number of rotatable bonds is 2. The molecule has 2 aromatic rings. The first-order chi connectivity index (χ1) is 12.9. The van der Waals surface area contributed by atoms with E-state index in [1.54, 1.807) is 0 Å². The van der Waals surface area contributed by atoms with E-state index in [4.69, 9.17) is 4.42 Å². The van der Waals surface area contributed by atoms with Crippen LogP contribution < -0.4 is 4.90 Å². The molecule has 1 amide bonds. The third-order valence-corrected chi connectivity index (χ3v) is 5.49. The lowest BCUT2D eigenvalue weighted by atomic mass is 9.97. The van der Waals surface area contributed by atoms with Gasteiger partial charge in [-0.2, -0.15) is 0 Å². The molecule has 5 nitrogen and oxygen atoms in total. The molecule has 1 aromatic carbocycles. The molecule has 144 valence electrons. The Morgan fingerprint density at radius 2 is 1.74 bits per heavy atom. The summed E-state index contributed by atoms with van der Waals surface area (Å²) in [5, 5.41) is 0. The highest BCUT2D eigenvalue weighted by Crippen LogP contribution is 2.28. The molecule has 1 fully saturated rings. The highest BCUT2D eigenvalue weighted by molar-refractivity contribution is 5.94. The van der Waals surface area contributed by atoms with Crippen molar-refractivity contribution in [3.8, 4) is 0 Å². The number of fused-ring (bicyclic) bond motifs is 1. The van der Waals surface area contributed by atoms with Gasteiger partial charge >= 0.3 is 0 Å². The standard InChI is InChI=1S/C22H29N3O2/c1-22(2,3)21-23-18-15-25(14-11-19(18)27-21)20(26)16-7-9-17(10-8-16)24-12-5-4-6-13-24/h7-10H,4-6,11-15H2,1-3H3. The Morgan fingerprint density at radius 3 is 2.41 bits per heavy atom. The van der Waals surface area contributed by atoms with Gasteiger partial charge in [0.1, 0.15) is 11.5 Å². The fourth-order valence-electron chi connectivity index (χ4n) is 3.84. The maximum atomic E-state index is 13.0. The lowest BCUT2D eigenvalue weighted by molar-refractivity contribution is 0.0728. The number of amides is 1. The Morgan fingerprint density at radius 1 is 1.04 bits per heavy atom. The van der Waals surface area contributed by atoms with Gasteiger partial charge in [-0.3, -0.25) is 4.79 Å². The van der Waals surface area contributed by atoms with Crippen molar-refractivity contribution in [2.75, 3.05) is 24.5 Å². The van der Waals surface area contributed by atoms with E-state index in [2.05, 4.69) is 42.8 Å². The van der Waals surface area contributed by atoms with Crippen molar-refractivity contribution >= 4 is 11.6 Å². The summed E-state index contributed by atoms with van der Waals surface area (Å²) in [5.74, 6) is 1.77. The van der Waals surface area contributed by atoms with Crippen molar-refractivity contribution in [1.29, 1.82) is 0 Å². The molecule has 2 aliphatic rings. The van der Waals surface area contributed by atoms with Crippen LogP contribution in [-0.4, -0.2) is 35.4 Å². The smallest absolute Gasteiger partial charge is 0.254 e. The first kappa shape index (κ1) is 18.1. The van der Waals surface area contributed by atoms with Crippen molar-refractivity contribution in [1.82, 2.24) is 9.88 Å². The molecule has 0 radical (unpaired) electrons. The van der Waals surface area contributed by atoms with Gasteiger partial charge in [-0.1, -0.05) is 20.8 Å². The summed E-state index contributed by atoms with van der Waals surface area (Å²) in [6.07, 6.45) is 4.56. The lowest BCUT2D eigenvalue weighted by Crippen LogP contribution is -2.36. The predicted octanol–water partition coefficient (Wildman–Crippen LogP) is 4.16. The van der Waals surface area contributed by atoms with Crippen LogP contribution in [0.5, 0.6) is 0 Å². The van der Waals surface area contributed by atoms with E-state index in [0.717, 1.165) is 42.4 Å². The average Bonchev–Trinajstić information content (AvgIpc) is 3.12. The van der Waals surface area contributed by atoms with Crippen LogP contribution >= 0.6 is 0 Å². The Balaban J connectivity index is 1.46. The highest BCUT2D eigenvalue weighted by Gasteiger charge is 2.29. The van der Waals surface area contributed by atoms with Gasteiger partial charge in [0.2, 0.25) is 0 Å². The van der Waals surface area contributed by atoms with Gasteiger partial charge in [-0.25, -0.2) is 4.98 Å². The van der Waals surface area contributed by atoms with E-state index in [1.807, 2.05) is 17.0 Å². The minimum atomic E-state index is -0.115. The van der Waals surface area contributed by atoms with Gasteiger partial charge < -0.3 is 14.2 Å². The molecule has 3 heterocycles. The van der Waals surface area contributed by atoms with Gasteiger partial charge in [-0.05, 0) is 43.5 Å². The number of aromatic nitrogens is 1. The third-order valence-electron chi connectivity index (χ3n) is 5.49. The Hall–Kier alpha value is -2.30. The van der Waals surface area contributed by atoms with Gasteiger partial charge in [-0.15, -0.1) is 0 Å². The number of benzene rings is 1. The van der Waals surface area contributed by atoms with E-state index in [0.29, 0.717) is 13.1 Å². The monoisotopic (exact) mass is 367 g/mol. The summed E-state index contributed by atoms with van der Waals surface area (Å²) in [6, 6.07) is 8.10. The van der Waals surface area contributed by atoms with Crippen molar-refractivity contribution in [2.45, 2.75) is 58.4 Å². The summed E-state index contributed by atoms with van der Waals surface area (Å²) in [7, 11) is 0. The zero-order valence-electron chi connectivity index (χ0n) is 16.6. The fraction of sp³-hybridized carbons (Fsp3) is 0.545. The maximum Gasteiger partial charge on any atom is 0.254 e. The first-order valence-corrected chi connectivity index (χ1v) is 10.1. The van der Waals surface area contributed by atoms with E-state index in [1.165, 1.54) is 24.9 Å². The number of anilines is 1.